The number of ether oxygens (including phenoxy) is 1. The highest BCUT2D eigenvalue weighted by Gasteiger charge is 2.22. The number of aromatic nitrogens is 2. The lowest BCUT2D eigenvalue weighted by molar-refractivity contribution is 0.102. The number of amides is 1. The minimum absolute atomic E-state index is 0.294. The van der Waals surface area contributed by atoms with Gasteiger partial charge in [-0.25, -0.2) is 10.6 Å². The molecular formula is C10H15N5O2. The standard InChI is InChI=1S/C10H15N5O2/c1-2-17-10(16)15-4-3-8-7(6-15)5-9(12-11)14-13-8/h5H,2-4,6,11H2,1H3,(H,12,14). The van der Waals surface area contributed by atoms with Crippen molar-refractivity contribution < 1.29 is 9.53 Å². The first-order chi connectivity index (χ1) is 8.24. The maximum atomic E-state index is 11.6. The molecule has 7 heteroatoms. The van der Waals surface area contributed by atoms with Gasteiger partial charge >= 0.3 is 6.09 Å². The first-order valence-electron chi connectivity index (χ1n) is 5.48. The second-order valence-corrected chi connectivity index (χ2v) is 3.72. The second kappa shape index (κ2) is 4.96. The monoisotopic (exact) mass is 237 g/mol. The molecule has 0 atom stereocenters. The Hall–Kier alpha value is -1.89. The summed E-state index contributed by atoms with van der Waals surface area (Å²) in [6.45, 7) is 3.26. The van der Waals surface area contributed by atoms with Crippen LogP contribution in [0, 0.1) is 0 Å². The number of nitrogens with one attached hydrogen (secondary N) is 1. The van der Waals surface area contributed by atoms with E-state index in [9.17, 15) is 4.79 Å². The molecule has 0 bridgehead atoms. The van der Waals surface area contributed by atoms with E-state index in [1.807, 2.05) is 0 Å². The normalized spacial score (nSPS) is 14.1. The summed E-state index contributed by atoms with van der Waals surface area (Å²) in [6, 6.07) is 1.80. The molecule has 92 valence electrons. The van der Waals surface area contributed by atoms with Gasteiger partial charge < -0.3 is 15.1 Å². The van der Waals surface area contributed by atoms with Crippen LogP contribution in [0.1, 0.15) is 18.2 Å². The number of carbonyl (C=O) groups excluding carboxylic acids is 1. The van der Waals surface area contributed by atoms with Gasteiger partial charge in [0.05, 0.1) is 18.8 Å². The van der Waals surface area contributed by atoms with Gasteiger partial charge in [0.25, 0.3) is 0 Å². The summed E-state index contributed by atoms with van der Waals surface area (Å²) in [5.41, 5.74) is 4.30. The fourth-order valence-corrected chi connectivity index (χ4v) is 1.77. The number of rotatable bonds is 2. The fraction of sp³-hybridized carbons (Fsp3) is 0.500. The number of nitrogens with zero attached hydrogens (tertiary/aromatic N) is 3. The molecule has 17 heavy (non-hydrogen) atoms. The van der Waals surface area contributed by atoms with Gasteiger partial charge in [0.1, 0.15) is 0 Å². The number of nitrogens with two attached hydrogens (primary N) is 1. The lowest BCUT2D eigenvalue weighted by Crippen LogP contribution is -2.37. The van der Waals surface area contributed by atoms with E-state index < -0.39 is 0 Å². The van der Waals surface area contributed by atoms with Crippen molar-refractivity contribution in [2.75, 3.05) is 18.6 Å². The van der Waals surface area contributed by atoms with Crippen LogP contribution in [0.4, 0.5) is 10.6 Å². The first kappa shape index (κ1) is 11.6. The van der Waals surface area contributed by atoms with Crippen LogP contribution in [0.3, 0.4) is 0 Å². The molecule has 1 amide bonds. The number of anilines is 1. The quantitative estimate of drug-likeness (QED) is 0.566. The lowest BCUT2D eigenvalue weighted by atomic mass is 10.1. The first-order valence-corrected chi connectivity index (χ1v) is 5.48. The van der Waals surface area contributed by atoms with Crippen LogP contribution in [-0.4, -0.2) is 34.3 Å². The maximum absolute atomic E-state index is 11.6. The number of hydrogen-bond donors (Lipinski definition) is 2. The van der Waals surface area contributed by atoms with Crippen LogP contribution in [0.15, 0.2) is 6.07 Å². The van der Waals surface area contributed by atoms with Crippen molar-refractivity contribution in [1.29, 1.82) is 0 Å². The molecule has 2 heterocycles. The van der Waals surface area contributed by atoms with Gasteiger partial charge in [-0.1, -0.05) is 0 Å². The molecule has 0 spiro atoms. The number of nitrogen functional groups attached to an aromatic ring is 1. The van der Waals surface area contributed by atoms with E-state index in [0.717, 1.165) is 11.3 Å². The third kappa shape index (κ3) is 2.44. The Balaban J connectivity index is 2.14. The minimum Gasteiger partial charge on any atom is -0.450 e. The van der Waals surface area contributed by atoms with E-state index in [1.54, 1.807) is 17.9 Å². The molecule has 1 aliphatic heterocycles. The van der Waals surface area contributed by atoms with Crippen LogP contribution < -0.4 is 11.3 Å². The summed E-state index contributed by atoms with van der Waals surface area (Å²) in [4.78, 5) is 13.2. The van der Waals surface area contributed by atoms with Gasteiger partial charge in [0.15, 0.2) is 5.82 Å². The molecule has 0 unspecified atom stereocenters. The highest BCUT2D eigenvalue weighted by molar-refractivity contribution is 5.68. The average Bonchev–Trinajstić information content (AvgIpc) is 2.37. The van der Waals surface area contributed by atoms with Crippen LogP contribution in [0.25, 0.3) is 0 Å². The highest BCUT2D eigenvalue weighted by Crippen LogP contribution is 2.18. The number of fused-ring (bicyclic) bond motifs is 1. The lowest BCUT2D eigenvalue weighted by Gasteiger charge is -2.27. The minimum atomic E-state index is -0.294. The fourth-order valence-electron chi connectivity index (χ4n) is 1.77. The van der Waals surface area contributed by atoms with E-state index in [-0.39, 0.29) is 6.09 Å². The zero-order valence-electron chi connectivity index (χ0n) is 9.64. The van der Waals surface area contributed by atoms with Crippen molar-refractivity contribution in [2.24, 2.45) is 5.84 Å². The number of hydrazine groups is 1. The summed E-state index contributed by atoms with van der Waals surface area (Å²) in [6.07, 6.45) is 0.392. The van der Waals surface area contributed by atoms with Crippen molar-refractivity contribution in [3.63, 3.8) is 0 Å². The predicted octanol–water partition coefficient (Wildman–Crippen LogP) is 0.277. The molecular weight excluding hydrogens is 222 g/mol. The number of carbonyl (C=O) groups is 1. The Morgan fingerprint density at radius 3 is 3.18 bits per heavy atom. The Kier molecular flexibility index (Phi) is 3.38. The smallest absolute Gasteiger partial charge is 0.410 e. The van der Waals surface area contributed by atoms with E-state index in [0.29, 0.717) is 31.9 Å². The third-order valence-corrected chi connectivity index (χ3v) is 2.61. The third-order valence-electron chi connectivity index (χ3n) is 2.61. The van der Waals surface area contributed by atoms with Gasteiger partial charge in [-0.05, 0) is 18.6 Å². The van der Waals surface area contributed by atoms with Crippen molar-refractivity contribution in [2.45, 2.75) is 19.9 Å². The molecule has 7 nitrogen and oxygen atoms in total. The molecule has 1 aromatic heterocycles. The Morgan fingerprint density at radius 1 is 1.65 bits per heavy atom. The van der Waals surface area contributed by atoms with E-state index >= 15 is 0 Å². The van der Waals surface area contributed by atoms with E-state index in [1.165, 1.54) is 0 Å². The average molecular weight is 237 g/mol. The molecule has 2 rings (SSSR count). The molecule has 0 aromatic carbocycles. The summed E-state index contributed by atoms with van der Waals surface area (Å²) in [5, 5.41) is 7.95. The molecule has 0 aliphatic carbocycles. The maximum Gasteiger partial charge on any atom is 0.410 e. The second-order valence-electron chi connectivity index (χ2n) is 3.72. The SMILES string of the molecule is CCOC(=O)N1CCc2nnc(NN)cc2C1. The van der Waals surface area contributed by atoms with Crippen LogP contribution in [0.5, 0.6) is 0 Å². The van der Waals surface area contributed by atoms with E-state index in [4.69, 9.17) is 10.6 Å². The summed E-state index contributed by atoms with van der Waals surface area (Å²) >= 11 is 0. The molecule has 1 aliphatic rings. The number of hydrogen-bond acceptors (Lipinski definition) is 6. The van der Waals surface area contributed by atoms with Gasteiger partial charge in [0.2, 0.25) is 0 Å². The van der Waals surface area contributed by atoms with Crippen LogP contribution >= 0.6 is 0 Å². The summed E-state index contributed by atoms with van der Waals surface area (Å²) in [5.74, 6) is 5.76. The molecule has 0 saturated carbocycles. The molecule has 1 aromatic rings. The van der Waals surface area contributed by atoms with Crippen LogP contribution in [0.2, 0.25) is 0 Å². The predicted molar refractivity (Wildman–Crippen MR) is 61.0 cm³/mol. The van der Waals surface area contributed by atoms with Gasteiger partial charge in [0, 0.05) is 13.0 Å². The molecule has 0 fully saturated rings. The van der Waals surface area contributed by atoms with Crippen LogP contribution in [-0.2, 0) is 17.7 Å². The van der Waals surface area contributed by atoms with E-state index in [2.05, 4.69) is 15.6 Å². The Bertz CT molecular complexity index is 423. The van der Waals surface area contributed by atoms with Gasteiger partial charge in [-0.2, -0.15) is 5.10 Å². The zero-order chi connectivity index (χ0) is 12.3. The summed E-state index contributed by atoms with van der Waals surface area (Å²) in [7, 11) is 0. The summed E-state index contributed by atoms with van der Waals surface area (Å²) < 4.78 is 4.96. The van der Waals surface area contributed by atoms with Crippen molar-refractivity contribution in [1.82, 2.24) is 15.1 Å². The Morgan fingerprint density at radius 2 is 2.47 bits per heavy atom. The zero-order valence-corrected chi connectivity index (χ0v) is 9.64. The van der Waals surface area contributed by atoms with Gasteiger partial charge in [-0.15, -0.1) is 5.10 Å². The van der Waals surface area contributed by atoms with Crippen molar-refractivity contribution >= 4 is 11.9 Å². The van der Waals surface area contributed by atoms with Crippen molar-refractivity contribution in [3.05, 3.63) is 17.3 Å². The molecule has 3 N–H and O–H groups in total. The molecule has 0 saturated heterocycles. The topological polar surface area (TPSA) is 93.4 Å². The Labute approximate surface area is 98.9 Å². The highest BCUT2D eigenvalue weighted by atomic mass is 16.6. The largest absolute Gasteiger partial charge is 0.450 e. The van der Waals surface area contributed by atoms with Gasteiger partial charge in [-0.3, -0.25) is 0 Å². The molecule has 0 radical (unpaired) electrons. The van der Waals surface area contributed by atoms with Crippen molar-refractivity contribution in [3.8, 4) is 0 Å².